The second kappa shape index (κ2) is 8.62. The van der Waals surface area contributed by atoms with Gasteiger partial charge in [-0.05, 0) is 42.7 Å². The van der Waals surface area contributed by atoms with Crippen LogP contribution in [0.4, 0.5) is 0 Å². The second-order valence-corrected chi connectivity index (χ2v) is 7.74. The second-order valence-electron chi connectivity index (χ2n) is 7.34. The van der Waals surface area contributed by atoms with Gasteiger partial charge in [0, 0.05) is 30.7 Å². The smallest absolute Gasteiger partial charge is 0.251 e. The zero-order valence-electron chi connectivity index (χ0n) is 17.0. The van der Waals surface area contributed by atoms with Crippen molar-refractivity contribution in [2.24, 2.45) is 0 Å². The van der Waals surface area contributed by atoms with Gasteiger partial charge in [0.15, 0.2) is 23.0 Å². The van der Waals surface area contributed by atoms with E-state index in [4.69, 9.17) is 35.3 Å². The molecule has 1 saturated heterocycles. The maximum atomic E-state index is 12.9. The number of rotatable bonds is 6. The highest BCUT2D eigenvalue weighted by Gasteiger charge is 2.36. The van der Waals surface area contributed by atoms with Gasteiger partial charge in [-0.25, -0.2) is 0 Å². The molecule has 2 aromatic rings. The third kappa shape index (κ3) is 3.87. The van der Waals surface area contributed by atoms with Gasteiger partial charge in [0.05, 0.1) is 19.2 Å². The van der Waals surface area contributed by atoms with E-state index in [1.165, 1.54) is 14.2 Å². The van der Waals surface area contributed by atoms with Crippen LogP contribution in [0.2, 0.25) is 5.02 Å². The standard InChI is InChI=1S/C22H24ClNO6/c1-26-19-10-14(9-16(23)20(19)27-2)21(25)24-12-22(5-7-28-8-6-22)15-3-4-17-18(11-15)30-13-29-17/h3-4,9-11H,5-8,12-13H2,1-2H3,(H,24,25). The van der Waals surface area contributed by atoms with Crippen molar-refractivity contribution >= 4 is 17.5 Å². The van der Waals surface area contributed by atoms with Crippen LogP contribution in [0.1, 0.15) is 28.8 Å². The normalized spacial score (nSPS) is 16.8. The van der Waals surface area contributed by atoms with Crippen LogP contribution in [0.5, 0.6) is 23.0 Å². The summed E-state index contributed by atoms with van der Waals surface area (Å²) in [6.45, 7) is 1.95. The van der Waals surface area contributed by atoms with E-state index in [0.29, 0.717) is 41.8 Å². The summed E-state index contributed by atoms with van der Waals surface area (Å²) in [7, 11) is 3.01. The number of benzene rings is 2. The topological polar surface area (TPSA) is 75.3 Å². The molecule has 1 N–H and O–H groups in total. The van der Waals surface area contributed by atoms with Crippen molar-refractivity contribution in [2.75, 3.05) is 40.8 Å². The molecule has 160 valence electrons. The Kier molecular flexibility index (Phi) is 5.92. The summed E-state index contributed by atoms with van der Waals surface area (Å²) >= 11 is 6.26. The lowest BCUT2D eigenvalue weighted by atomic mass is 9.74. The molecule has 30 heavy (non-hydrogen) atoms. The highest BCUT2D eigenvalue weighted by Crippen LogP contribution is 2.41. The Balaban J connectivity index is 1.56. The summed E-state index contributed by atoms with van der Waals surface area (Å²) in [5.74, 6) is 2.05. The number of carbonyl (C=O) groups excluding carboxylic acids is 1. The Labute approximate surface area is 180 Å². The van der Waals surface area contributed by atoms with Crippen LogP contribution in [0.25, 0.3) is 0 Å². The first-order valence-electron chi connectivity index (χ1n) is 9.74. The van der Waals surface area contributed by atoms with Gasteiger partial charge in [0.1, 0.15) is 0 Å². The third-order valence-electron chi connectivity index (χ3n) is 5.72. The predicted octanol–water partition coefficient (Wildman–Crippen LogP) is 3.56. The molecule has 0 saturated carbocycles. The highest BCUT2D eigenvalue weighted by molar-refractivity contribution is 6.32. The van der Waals surface area contributed by atoms with Crippen molar-refractivity contribution < 1.29 is 28.5 Å². The summed E-state index contributed by atoms with van der Waals surface area (Å²) in [6, 6.07) is 9.17. The molecular weight excluding hydrogens is 410 g/mol. The Morgan fingerprint density at radius 2 is 1.87 bits per heavy atom. The quantitative estimate of drug-likeness (QED) is 0.750. The van der Waals surface area contributed by atoms with Gasteiger partial charge in [-0.2, -0.15) is 0 Å². The van der Waals surface area contributed by atoms with Crippen LogP contribution in [-0.2, 0) is 10.2 Å². The van der Waals surface area contributed by atoms with E-state index < -0.39 is 0 Å². The van der Waals surface area contributed by atoms with Crippen LogP contribution in [0.15, 0.2) is 30.3 Å². The molecule has 0 radical (unpaired) electrons. The number of nitrogens with one attached hydrogen (secondary N) is 1. The molecule has 0 atom stereocenters. The molecule has 0 aromatic heterocycles. The average molecular weight is 434 g/mol. The molecule has 2 heterocycles. The predicted molar refractivity (Wildman–Crippen MR) is 111 cm³/mol. The van der Waals surface area contributed by atoms with Gasteiger partial charge in [0.25, 0.3) is 5.91 Å². The minimum absolute atomic E-state index is 0.228. The highest BCUT2D eigenvalue weighted by atomic mass is 35.5. The summed E-state index contributed by atoms with van der Waals surface area (Å²) < 4.78 is 27.1. The van der Waals surface area contributed by atoms with E-state index in [0.717, 1.165) is 29.9 Å². The number of hydrogen-bond donors (Lipinski definition) is 1. The third-order valence-corrected chi connectivity index (χ3v) is 6.00. The summed E-state index contributed by atoms with van der Waals surface area (Å²) in [6.07, 6.45) is 1.58. The van der Waals surface area contributed by atoms with Crippen LogP contribution >= 0.6 is 11.6 Å². The van der Waals surface area contributed by atoms with Crippen molar-refractivity contribution in [3.05, 3.63) is 46.5 Å². The zero-order valence-corrected chi connectivity index (χ0v) is 17.7. The summed E-state index contributed by atoms with van der Waals surface area (Å²) in [5, 5.41) is 3.39. The van der Waals surface area contributed by atoms with Crippen molar-refractivity contribution in [2.45, 2.75) is 18.3 Å². The fraction of sp³-hybridized carbons (Fsp3) is 0.409. The SMILES string of the molecule is COc1cc(C(=O)NCC2(c3ccc4c(c3)OCO4)CCOCC2)cc(Cl)c1OC. The molecule has 1 fully saturated rings. The fourth-order valence-electron chi connectivity index (χ4n) is 3.96. The molecule has 1 amide bonds. The first kappa shape index (κ1) is 20.6. The summed E-state index contributed by atoms with van der Waals surface area (Å²) in [5.41, 5.74) is 1.25. The maximum Gasteiger partial charge on any atom is 0.251 e. The Bertz CT molecular complexity index is 941. The minimum atomic E-state index is -0.255. The van der Waals surface area contributed by atoms with Gasteiger partial charge in [0.2, 0.25) is 6.79 Å². The average Bonchev–Trinajstić information content (AvgIpc) is 3.25. The Morgan fingerprint density at radius 1 is 1.10 bits per heavy atom. The van der Waals surface area contributed by atoms with Crippen molar-refractivity contribution in [1.82, 2.24) is 5.32 Å². The number of hydrogen-bond acceptors (Lipinski definition) is 6. The first-order valence-corrected chi connectivity index (χ1v) is 10.1. The molecule has 7 nitrogen and oxygen atoms in total. The summed E-state index contributed by atoms with van der Waals surface area (Å²) in [4.78, 5) is 12.9. The number of fused-ring (bicyclic) bond motifs is 1. The molecule has 0 aliphatic carbocycles. The Morgan fingerprint density at radius 3 is 2.60 bits per heavy atom. The van der Waals surface area contributed by atoms with E-state index in [1.807, 2.05) is 18.2 Å². The van der Waals surface area contributed by atoms with Crippen molar-refractivity contribution in [3.8, 4) is 23.0 Å². The number of amides is 1. The van der Waals surface area contributed by atoms with Gasteiger partial charge < -0.3 is 29.0 Å². The fourth-order valence-corrected chi connectivity index (χ4v) is 4.24. The van der Waals surface area contributed by atoms with E-state index in [9.17, 15) is 4.79 Å². The van der Waals surface area contributed by atoms with Gasteiger partial charge >= 0.3 is 0 Å². The molecule has 2 aliphatic rings. The van der Waals surface area contributed by atoms with Gasteiger partial charge in [-0.1, -0.05) is 17.7 Å². The van der Waals surface area contributed by atoms with Gasteiger partial charge in [-0.15, -0.1) is 0 Å². The monoisotopic (exact) mass is 433 g/mol. The number of ether oxygens (including phenoxy) is 5. The molecule has 0 spiro atoms. The minimum Gasteiger partial charge on any atom is -0.493 e. The molecule has 4 rings (SSSR count). The van der Waals surface area contributed by atoms with Crippen LogP contribution in [-0.4, -0.2) is 46.7 Å². The van der Waals surface area contributed by atoms with E-state index in [2.05, 4.69) is 5.32 Å². The molecule has 0 unspecified atom stereocenters. The number of carbonyl (C=O) groups is 1. The largest absolute Gasteiger partial charge is 0.493 e. The molecule has 0 bridgehead atoms. The maximum absolute atomic E-state index is 12.9. The Hall–Kier alpha value is -2.64. The van der Waals surface area contributed by atoms with Crippen LogP contribution < -0.4 is 24.3 Å². The lowest BCUT2D eigenvalue weighted by Gasteiger charge is -2.38. The van der Waals surface area contributed by atoms with E-state index >= 15 is 0 Å². The van der Waals surface area contributed by atoms with Crippen LogP contribution in [0, 0.1) is 0 Å². The molecule has 8 heteroatoms. The molecule has 2 aliphatic heterocycles. The van der Waals surface area contributed by atoms with Crippen LogP contribution in [0.3, 0.4) is 0 Å². The van der Waals surface area contributed by atoms with Gasteiger partial charge in [-0.3, -0.25) is 4.79 Å². The lowest BCUT2D eigenvalue weighted by Crippen LogP contribution is -2.44. The van der Waals surface area contributed by atoms with Crippen molar-refractivity contribution in [1.29, 1.82) is 0 Å². The van der Waals surface area contributed by atoms with Crippen molar-refractivity contribution in [3.63, 3.8) is 0 Å². The first-order chi connectivity index (χ1) is 14.6. The molecular formula is C22H24ClNO6. The zero-order chi connectivity index (χ0) is 21.1. The van der Waals surface area contributed by atoms with E-state index in [1.54, 1.807) is 12.1 Å². The molecule has 2 aromatic carbocycles. The lowest BCUT2D eigenvalue weighted by molar-refractivity contribution is 0.0486. The number of methoxy groups -OCH3 is 2. The number of halogens is 1. The van der Waals surface area contributed by atoms with E-state index in [-0.39, 0.29) is 18.1 Å².